The van der Waals surface area contributed by atoms with Crippen molar-refractivity contribution in [1.29, 1.82) is 0 Å². The molecule has 1 amide bonds. The summed E-state index contributed by atoms with van der Waals surface area (Å²) < 4.78 is 30.4. The third-order valence-electron chi connectivity index (χ3n) is 5.19. The van der Waals surface area contributed by atoms with Crippen molar-refractivity contribution in [3.63, 3.8) is 0 Å². The minimum absolute atomic E-state index is 0.109. The Morgan fingerprint density at radius 2 is 1.82 bits per heavy atom. The normalized spacial score (nSPS) is 11.4. The topological polar surface area (TPSA) is 79.6 Å². The van der Waals surface area contributed by atoms with Gasteiger partial charge >= 0.3 is 0 Å². The number of carbonyl (C=O) groups excluding carboxylic acids is 1. The molecular formula is C25H29ClN2O4S. The summed E-state index contributed by atoms with van der Waals surface area (Å²) >= 11 is 5.84. The molecule has 0 bridgehead atoms. The van der Waals surface area contributed by atoms with Gasteiger partial charge in [-0.25, -0.2) is 8.42 Å². The fourth-order valence-electron chi connectivity index (χ4n) is 3.53. The average Bonchev–Trinajstić information content (AvgIpc) is 3.23. The maximum Gasteiger partial charge on any atom is 0.286 e. The Balaban J connectivity index is 1.47. The number of amides is 1. The number of nitrogens with one attached hydrogen (secondary N) is 1. The zero-order chi connectivity index (χ0) is 23.8. The summed E-state index contributed by atoms with van der Waals surface area (Å²) in [5.41, 5.74) is 3.03. The first-order valence-corrected chi connectivity index (χ1v) is 13.1. The van der Waals surface area contributed by atoms with Gasteiger partial charge in [-0.15, -0.1) is 0 Å². The van der Waals surface area contributed by atoms with Gasteiger partial charge in [-0.2, -0.15) is 0 Å². The number of halogens is 1. The Labute approximate surface area is 200 Å². The fraction of sp³-hybridized carbons (Fsp3) is 0.320. The lowest BCUT2D eigenvalue weighted by molar-refractivity contribution is 0.0924. The molecule has 0 fully saturated rings. The number of furan rings is 1. The third-order valence-corrected chi connectivity index (χ3v) is 6.94. The monoisotopic (exact) mass is 488 g/mol. The summed E-state index contributed by atoms with van der Waals surface area (Å²) in [6.07, 6.45) is 0.774. The molecule has 0 aliphatic heterocycles. The number of anilines is 1. The van der Waals surface area contributed by atoms with Crippen LogP contribution in [0.4, 0.5) is 5.69 Å². The van der Waals surface area contributed by atoms with E-state index in [4.69, 9.17) is 16.0 Å². The second kappa shape index (κ2) is 11.4. The van der Waals surface area contributed by atoms with E-state index in [1.165, 1.54) is 23.4 Å². The first kappa shape index (κ1) is 24.9. The van der Waals surface area contributed by atoms with Crippen molar-refractivity contribution in [2.75, 3.05) is 24.5 Å². The Kier molecular flexibility index (Phi) is 8.58. The number of sulfone groups is 1. The molecule has 0 unspecified atom stereocenters. The van der Waals surface area contributed by atoms with E-state index >= 15 is 0 Å². The van der Waals surface area contributed by atoms with E-state index in [2.05, 4.69) is 42.3 Å². The Morgan fingerprint density at radius 3 is 2.52 bits per heavy atom. The predicted molar refractivity (Wildman–Crippen MR) is 133 cm³/mol. The van der Waals surface area contributed by atoms with Crippen molar-refractivity contribution in [3.05, 3.63) is 88.3 Å². The smallest absolute Gasteiger partial charge is 0.286 e. The van der Waals surface area contributed by atoms with Gasteiger partial charge in [0.25, 0.3) is 5.91 Å². The standard InChI is InChI=1S/C25H29ClN2O4S/c1-3-28(22-7-4-6-19(2)16-22)15-5-14-27-25(29)24-13-12-23(32-24)18-33(30,31)17-20-8-10-21(26)11-9-20/h4,6-13,16H,3,5,14-15,17-18H2,1-2H3,(H,27,29). The highest BCUT2D eigenvalue weighted by Gasteiger charge is 2.18. The van der Waals surface area contributed by atoms with Crippen molar-refractivity contribution in [2.45, 2.75) is 31.8 Å². The van der Waals surface area contributed by atoms with Crippen LogP contribution >= 0.6 is 11.6 Å². The Bertz CT molecular complexity index is 1170. The molecule has 3 rings (SSSR count). The first-order valence-electron chi connectivity index (χ1n) is 10.9. The van der Waals surface area contributed by atoms with E-state index in [1.807, 2.05) is 6.07 Å². The van der Waals surface area contributed by atoms with Crippen LogP contribution in [-0.2, 0) is 21.3 Å². The minimum Gasteiger partial charge on any atom is -0.455 e. The van der Waals surface area contributed by atoms with Crippen molar-refractivity contribution >= 4 is 33.0 Å². The number of carbonyl (C=O) groups is 1. The van der Waals surface area contributed by atoms with E-state index in [0.29, 0.717) is 17.1 Å². The fourth-order valence-corrected chi connectivity index (χ4v) is 5.05. The molecule has 1 aromatic heterocycles. The van der Waals surface area contributed by atoms with Crippen LogP contribution in [0, 0.1) is 6.92 Å². The number of nitrogens with zero attached hydrogens (tertiary/aromatic N) is 1. The molecule has 176 valence electrons. The zero-order valence-corrected chi connectivity index (χ0v) is 20.5. The van der Waals surface area contributed by atoms with Gasteiger partial charge in [-0.05, 0) is 67.8 Å². The number of benzene rings is 2. The van der Waals surface area contributed by atoms with Gasteiger partial charge in [0.1, 0.15) is 11.5 Å². The second-order valence-corrected chi connectivity index (χ2v) is 10.5. The first-order chi connectivity index (χ1) is 15.8. The lowest BCUT2D eigenvalue weighted by atomic mass is 10.2. The van der Waals surface area contributed by atoms with Crippen molar-refractivity contribution in [2.24, 2.45) is 0 Å². The van der Waals surface area contributed by atoms with Gasteiger partial charge in [-0.3, -0.25) is 4.79 Å². The van der Waals surface area contributed by atoms with E-state index < -0.39 is 9.84 Å². The molecule has 0 atom stereocenters. The maximum absolute atomic E-state index is 12.5. The van der Waals surface area contributed by atoms with E-state index in [-0.39, 0.29) is 28.9 Å². The van der Waals surface area contributed by atoms with Gasteiger partial charge in [0.2, 0.25) is 0 Å². The zero-order valence-electron chi connectivity index (χ0n) is 18.9. The Hall–Kier alpha value is -2.77. The van der Waals surface area contributed by atoms with Gasteiger partial charge in [-0.1, -0.05) is 35.9 Å². The highest BCUT2D eigenvalue weighted by Crippen LogP contribution is 2.18. The number of aryl methyl sites for hydroxylation is 1. The highest BCUT2D eigenvalue weighted by molar-refractivity contribution is 7.89. The van der Waals surface area contributed by atoms with E-state index in [9.17, 15) is 13.2 Å². The molecule has 2 aromatic carbocycles. The quantitative estimate of drug-likeness (QED) is 0.384. The van der Waals surface area contributed by atoms with Crippen LogP contribution in [0.3, 0.4) is 0 Å². The van der Waals surface area contributed by atoms with Crippen LogP contribution in [0.15, 0.2) is 65.1 Å². The van der Waals surface area contributed by atoms with Gasteiger partial charge < -0.3 is 14.6 Å². The van der Waals surface area contributed by atoms with Crippen LogP contribution in [0.1, 0.15) is 40.8 Å². The Morgan fingerprint density at radius 1 is 1.06 bits per heavy atom. The predicted octanol–water partition coefficient (Wildman–Crippen LogP) is 5.00. The van der Waals surface area contributed by atoms with Crippen LogP contribution in [0.5, 0.6) is 0 Å². The van der Waals surface area contributed by atoms with Gasteiger partial charge in [0.15, 0.2) is 15.6 Å². The molecule has 0 saturated heterocycles. The summed E-state index contributed by atoms with van der Waals surface area (Å²) in [6, 6.07) is 18.0. The van der Waals surface area contributed by atoms with Gasteiger partial charge in [0, 0.05) is 30.3 Å². The maximum atomic E-state index is 12.5. The van der Waals surface area contributed by atoms with Crippen LogP contribution < -0.4 is 10.2 Å². The molecule has 33 heavy (non-hydrogen) atoms. The lowest BCUT2D eigenvalue weighted by Crippen LogP contribution is -2.29. The largest absolute Gasteiger partial charge is 0.455 e. The molecule has 1 heterocycles. The van der Waals surface area contributed by atoms with E-state index in [1.54, 1.807) is 24.3 Å². The van der Waals surface area contributed by atoms with Crippen molar-refractivity contribution in [1.82, 2.24) is 5.32 Å². The number of hydrogen-bond donors (Lipinski definition) is 1. The summed E-state index contributed by atoms with van der Waals surface area (Å²) in [4.78, 5) is 14.7. The summed E-state index contributed by atoms with van der Waals surface area (Å²) in [6.45, 7) is 6.35. The van der Waals surface area contributed by atoms with Crippen LogP contribution in [0.25, 0.3) is 0 Å². The molecule has 0 aliphatic carbocycles. The third kappa shape index (κ3) is 7.65. The molecule has 1 N–H and O–H groups in total. The van der Waals surface area contributed by atoms with E-state index in [0.717, 1.165) is 19.5 Å². The molecule has 0 aliphatic rings. The second-order valence-electron chi connectivity index (χ2n) is 7.95. The van der Waals surface area contributed by atoms with Crippen LogP contribution in [-0.4, -0.2) is 34.0 Å². The molecule has 8 heteroatoms. The lowest BCUT2D eigenvalue weighted by Gasteiger charge is -2.23. The molecule has 0 radical (unpaired) electrons. The number of hydrogen-bond acceptors (Lipinski definition) is 5. The highest BCUT2D eigenvalue weighted by atomic mass is 35.5. The summed E-state index contributed by atoms with van der Waals surface area (Å²) in [7, 11) is -3.45. The molecule has 0 saturated carbocycles. The average molecular weight is 489 g/mol. The SMILES string of the molecule is CCN(CCCNC(=O)c1ccc(CS(=O)(=O)Cc2ccc(Cl)cc2)o1)c1cccc(C)c1. The molecule has 6 nitrogen and oxygen atoms in total. The molecule has 0 spiro atoms. The van der Waals surface area contributed by atoms with Gasteiger partial charge in [0.05, 0.1) is 5.75 Å². The van der Waals surface area contributed by atoms with Crippen molar-refractivity contribution in [3.8, 4) is 0 Å². The summed E-state index contributed by atoms with van der Waals surface area (Å²) in [5.74, 6) is -0.398. The number of rotatable bonds is 11. The molecular weight excluding hydrogens is 460 g/mol. The summed E-state index contributed by atoms with van der Waals surface area (Å²) in [5, 5.41) is 3.39. The minimum atomic E-state index is -3.45. The molecule has 3 aromatic rings. The van der Waals surface area contributed by atoms with Crippen molar-refractivity contribution < 1.29 is 17.6 Å². The van der Waals surface area contributed by atoms with Crippen LogP contribution in [0.2, 0.25) is 5.02 Å².